The van der Waals surface area contributed by atoms with Gasteiger partial charge < -0.3 is 15.3 Å². The van der Waals surface area contributed by atoms with Gasteiger partial charge in [0.25, 0.3) is 5.91 Å². The van der Waals surface area contributed by atoms with Crippen LogP contribution in [0.2, 0.25) is 5.02 Å². The van der Waals surface area contributed by atoms with Crippen molar-refractivity contribution in [3.63, 3.8) is 0 Å². The number of hydrogen-bond donors (Lipinski definition) is 2. The van der Waals surface area contributed by atoms with Crippen LogP contribution < -0.4 is 5.32 Å². The fourth-order valence-corrected chi connectivity index (χ4v) is 2.22. The molecule has 118 valence electrons. The van der Waals surface area contributed by atoms with Gasteiger partial charge in [0, 0.05) is 37.5 Å². The molecule has 1 aromatic rings. The monoisotopic (exact) mass is 312 g/mol. The summed E-state index contributed by atoms with van der Waals surface area (Å²) >= 11 is 6.02. The molecule has 0 heterocycles. The van der Waals surface area contributed by atoms with Crippen molar-refractivity contribution in [3.05, 3.63) is 28.8 Å². The van der Waals surface area contributed by atoms with Gasteiger partial charge in [0.2, 0.25) is 0 Å². The molecule has 1 rings (SSSR count). The molecule has 0 unspecified atom stereocenters. The molecule has 1 amide bonds. The number of carbonyl (C=O) groups excluding carboxylic acids is 1. The van der Waals surface area contributed by atoms with Crippen molar-refractivity contribution in [2.75, 3.05) is 32.1 Å². The van der Waals surface area contributed by atoms with E-state index in [2.05, 4.69) is 12.2 Å². The van der Waals surface area contributed by atoms with E-state index >= 15 is 0 Å². The highest BCUT2D eigenvalue weighted by molar-refractivity contribution is 6.31. The molecule has 0 bridgehead atoms. The van der Waals surface area contributed by atoms with Gasteiger partial charge in [-0.1, -0.05) is 18.5 Å². The first kappa shape index (κ1) is 17.8. The highest BCUT2D eigenvalue weighted by Crippen LogP contribution is 2.22. The van der Waals surface area contributed by atoms with Crippen LogP contribution in [-0.4, -0.2) is 42.7 Å². The maximum atomic E-state index is 12.5. The van der Waals surface area contributed by atoms with Crippen LogP contribution in [0.3, 0.4) is 0 Å². The van der Waals surface area contributed by atoms with Crippen LogP contribution in [0.25, 0.3) is 0 Å². The van der Waals surface area contributed by atoms with Crippen LogP contribution in [0.5, 0.6) is 0 Å². The second kappa shape index (κ2) is 9.64. The van der Waals surface area contributed by atoms with Crippen LogP contribution in [0.4, 0.5) is 5.69 Å². The van der Waals surface area contributed by atoms with Crippen molar-refractivity contribution in [3.8, 4) is 0 Å². The number of unbranched alkanes of at least 4 members (excludes halogenated alkanes) is 2. The van der Waals surface area contributed by atoms with Crippen LogP contribution in [0.15, 0.2) is 18.2 Å². The largest absolute Gasteiger partial charge is 0.396 e. The van der Waals surface area contributed by atoms with Crippen molar-refractivity contribution >= 4 is 23.2 Å². The number of aliphatic hydroxyl groups excluding tert-OH is 1. The Labute approximate surface area is 132 Å². The summed E-state index contributed by atoms with van der Waals surface area (Å²) in [5.74, 6) is -0.0277. The third kappa shape index (κ3) is 5.94. The number of rotatable bonds is 9. The van der Waals surface area contributed by atoms with E-state index in [4.69, 9.17) is 16.7 Å². The average Bonchev–Trinajstić information content (AvgIpc) is 2.49. The summed E-state index contributed by atoms with van der Waals surface area (Å²) in [6.07, 6.45) is 3.58. The average molecular weight is 313 g/mol. The Morgan fingerprint density at radius 3 is 2.76 bits per heavy atom. The van der Waals surface area contributed by atoms with Crippen LogP contribution in [0, 0.1) is 0 Å². The molecule has 0 aliphatic heterocycles. The summed E-state index contributed by atoms with van der Waals surface area (Å²) in [6.45, 7) is 3.79. The van der Waals surface area contributed by atoms with Gasteiger partial charge in [0.1, 0.15) is 0 Å². The zero-order valence-corrected chi connectivity index (χ0v) is 13.6. The Balaban J connectivity index is 2.72. The normalized spacial score (nSPS) is 10.5. The number of amides is 1. The van der Waals surface area contributed by atoms with Gasteiger partial charge in [0.05, 0.1) is 5.56 Å². The lowest BCUT2D eigenvalue weighted by Gasteiger charge is -2.19. The molecule has 0 saturated heterocycles. The van der Waals surface area contributed by atoms with Crippen LogP contribution in [0.1, 0.15) is 43.0 Å². The molecule has 0 spiro atoms. The van der Waals surface area contributed by atoms with Gasteiger partial charge in [-0.15, -0.1) is 0 Å². The third-order valence-corrected chi connectivity index (χ3v) is 3.51. The maximum absolute atomic E-state index is 12.5. The molecule has 0 fully saturated rings. The van der Waals surface area contributed by atoms with E-state index in [0.29, 0.717) is 17.1 Å². The van der Waals surface area contributed by atoms with Crippen LogP contribution in [-0.2, 0) is 0 Å². The summed E-state index contributed by atoms with van der Waals surface area (Å²) in [5.41, 5.74) is 1.44. The standard InChI is InChI=1S/C16H25ClN2O2/c1-3-9-18-15-8-7-13(17)12-14(15)16(21)19(2)10-5-4-6-11-20/h7-8,12,18,20H,3-6,9-11H2,1-2H3. The lowest BCUT2D eigenvalue weighted by atomic mass is 10.1. The lowest BCUT2D eigenvalue weighted by Crippen LogP contribution is -2.28. The minimum absolute atomic E-state index is 0.0277. The van der Waals surface area contributed by atoms with E-state index < -0.39 is 0 Å². The predicted molar refractivity (Wildman–Crippen MR) is 88.1 cm³/mol. The lowest BCUT2D eigenvalue weighted by molar-refractivity contribution is 0.0793. The highest BCUT2D eigenvalue weighted by Gasteiger charge is 2.16. The molecule has 21 heavy (non-hydrogen) atoms. The summed E-state index contributed by atoms with van der Waals surface area (Å²) in [6, 6.07) is 5.36. The van der Waals surface area contributed by atoms with E-state index in [1.807, 2.05) is 6.07 Å². The fraction of sp³-hybridized carbons (Fsp3) is 0.562. The first-order chi connectivity index (χ1) is 10.1. The maximum Gasteiger partial charge on any atom is 0.255 e. The Bertz CT molecular complexity index is 452. The predicted octanol–water partition coefficient (Wildman–Crippen LogP) is 3.40. The SMILES string of the molecule is CCCNc1ccc(Cl)cc1C(=O)N(C)CCCCCO. The molecule has 0 saturated carbocycles. The quantitative estimate of drug-likeness (QED) is 0.687. The van der Waals surface area contributed by atoms with E-state index in [1.54, 1.807) is 24.1 Å². The van der Waals surface area contributed by atoms with Gasteiger partial charge in [-0.3, -0.25) is 4.79 Å². The molecule has 2 N–H and O–H groups in total. The minimum atomic E-state index is -0.0277. The highest BCUT2D eigenvalue weighted by atomic mass is 35.5. The molecule has 0 aliphatic rings. The van der Waals surface area contributed by atoms with Crippen molar-refractivity contribution in [1.82, 2.24) is 4.90 Å². The van der Waals surface area contributed by atoms with Crippen molar-refractivity contribution in [2.24, 2.45) is 0 Å². The third-order valence-electron chi connectivity index (χ3n) is 3.28. The first-order valence-corrected chi connectivity index (χ1v) is 7.87. The second-order valence-electron chi connectivity index (χ2n) is 5.13. The van der Waals surface area contributed by atoms with Gasteiger partial charge in [-0.2, -0.15) is 0 Å². The van der Waals surface area contributed by atoms with E-state index in [-0.39, 0.29) is 12.5 Å². The smallest absolute Gasteiger partial charge is 0.255 e. The Morgan fingerprint density at radius 2 is 2.10 bits per heavy atom. The van der Waals surface area contributed by atoms with Gasteiger partial charge in [-0.05, 0) is 43.9 Å². The zero-order chi connectivity index (χ0) is 15.7. The van der Waals surface area contributed by atoms with Gasteiger partial charge in [-0.25, -0.2) is 0 Å². The summed E-state index contributed by atoms with van der Waals surface area (Å²) < 4.78 is 0. The second-order valence-corrected chi connectivity index (χ2v) is 5.56. The first-order valence-electron chi connectivity index (χ1n) is 7.50. The molecule has 0 aromatic heterocycles. The molecule has 1 aromatic carbocycles. The number of benzene rings is 1. The fourth-order valence-electron chi connectivity index (χ4n) is 2.05. The van der Waals surface area contributed by atoms with Crippen molar-refractivity contribution in [1.29, 1.82) is 0 Å². The van der Waals surface area contributed by atoms with Gasteiger partial charge >= 0.3 is 0 Å². The number of nitrogens with zero attached hydrogens (tertiary/aromatic N) is 1. The van der Waals surface area contributed by atoms with E-state index in [0.717, 1.165) is 37.9 Å². The molecular weight excluding hydrogens is 288 g/mol. The number of anilines is 1. The van der Waals surface area contributed by atoms with Crippen LogP contribution >= 0.6 is 11.6 Å². The molecule has 5 heteroatoms. The summed E-state index contributed by atoms with van der Waals surface area (Å²) in [4.78, 5) is 14.2. The Morgan fingerprint density at radius 1 is 1.33 bits per heavy atom. The number of aliphatic hydroxyl groups is 1. The number of carbonyl (C=O) groups is 1. The number of nitrogens with one attached hydrogen (secondary N) is 1. The van der Waals surface area contributed by atoms with E-state index in [1.165, 1.54) is 0 Å². The molecule has 0 aliphatic carbocycles. The molecule has 4 nitrogen and oxygen atoms in total. The van der Waals surface area contributed by atoms with Gasteiger partial charge in [0.15, 0.2) is 0 Å². The number of hydrogen-bond acceptors (Lipinski definition) is 3. The summed E-state index contributed by atoms with van der Waals surface area (Å²) in [7, 11) is 1.80. The summed E-state index contributed by atoms with van der Waals surface area (Å²) in [5, 5.41) is 12.6. The molecule has 0 atom stereocenters. The van der Waals surface area contributed by atoms with E-state index in [9.17, 15) is 4.79 Å². The Hall–Kier alpha value is -1.26. The Kier molecular flexibility index (Phi) is 8.16. The molecular formula is C16H25ClN2O2. The molecule has 0 radical (unpaired) electrons. The van der Waals surface area contributed by atoms with Crippen molar-refractivity contribution < 1.29 is 9.90 Å². The van der Waals surface area contributed by atoms with Crippen molar-refractivity contribution in [2.45, 2.75) is 32.6 Å². The topological polar surface area (TPSA) is 52.6 Å². The zero-order valence-electron chi connectivity index (χ0n) is 12.9. The number of halogens is 1. The minimum Gasteiger partial charge on any atom is -0.396 e.